The van der Waals surface area contributed by atoms with E-state index in [0.29, 0.717) is 25.9 Å². The van der Waals surface area contributed by atoms with Crippen molar-refractivity contribution < 1.29 is 42.1 Å². The summed E-state index contributed by atoms with van der Waals surface area (Å²) in [4.78, 5) is 33.7. The molecule has 1 aromatic heterocycles. The number of carbonyl (C=O) groups is 2. The number of Topliss-reactive ketones (excluding diaryl/α,β-unsaturated/α-hetero) is 1. The summed E-state index contributed by atoms with van der Waals surface area (Å²) in [5.41, 5.74) is -2.60. The maximum atomic E-state index is 14.2. The van der Waals surface area contributed by atoms with Crippen LogP contribution < -0.4 is 5.32 Å². The van der Waals surface area contributed by atoms with Crippen molar-refractivity contribution in [3.05, 3.63) is 24.5 Å². The van der Waals surface area contributed by atoms with Crippen LogP contribution in [0, 0.1) is 17.3 Å². The lowest BCUT2D eigenvalue weighted by molar-refractivity contribution is -0.290. The second-order valence-electron chi connectivity index (χ2n) is 13.9. The Morgan fingerprint density at radius 1 is 1.13 bits per heavy atom. The maximum Gasteiger partial charge on any atom is 0.319 e. The van der Waals surface area contributed by atoms with Gasteiger partial charge in [-0.3, -0.25) is 14.6 Å². The molecule has 268 valence electrons. The van der Waals surface area contributed by atoms with Crippen molar-refractivity contribution in [2.24, 2.45) is 17.3 Å². The number of pyridine rings is 1. The fraction of sp³-hybridized carbons (Fsp3) is 0.788. The van der Waals surface area contributed by atoms with E-state index in [2.05, 4.69) is 22.1 Å². The molecule has 2 aliphatic heterocycles. The minimum Gasteiger partial charge on any atom is -0.465 e. The van der Waals surface area contributed by atoms with Crippen LogP contribution >= 0.6 is 0 Å². The summed E-state index contributed by atoms with van der Waals surface area (Å²) in [5, 5.41) is 14.3. The lowest BCUT2D eigenvalue weighted by Gasteiger charge is -2.46. The zero-order chi connectivity index (χ0) is 35.2. The van der Waals surface area contributed by atoms with Crippen LogP contribution in [0.3, 0.4) is 0 Å². The summed E-state index contributed by atoms with van der Waals surface area (Å²) >= 11 is 0. The molecule has 0 radical (unpaired) electrons. The van der Waals surface area contributed by atoms with E-state index in [-0.39, 0.29) is 49.1 Å². The summed E-state index contributed by atoms with van der Waals surface area (Å²) in [7, 11) is 1.40. The van der Waals surface area contributed by atoms with E-state index in [1.165, 1.54) is 36.6 Å². The molecule has 3 heterocycles. The number of hydrogen-bond donors (Lipinski definition) is 2. The van der Waals surface area contributed by atoms with Gasteiger partial charge in [0.2, 0.25) is 10.0 Å². The van der Waals surface area contributed by atoms with Crippen molar-refractivity contribution in [2.45, 2.75) is 102 Å². The number of hydrogen-bond acceptors (Lipinski definition) is 12. The Kier molecular flexibility index (Phi) is 13.9. The molecule has 1 aromatic rings. The Morgan fingerprint density at radius 2 is 1.83 bits per heavy atom. The number of ketones is 1. The highest BCUT2D eigenvalue weighted by Gasteiger charge is 2.51. The van der Waals surface area contributed by atoms with Gasteiger partial charge in [-0.1, -0.05) is 13.8 Å². The first kappa shape index (κ1) is 39.4. The van der Waals surface area contributed by atoms with Gasteiger partial charge in [0.15, 0.2) is 12.1 Å². The van der Waals surface area contributed by atoms with Crippen LogP contribution in [0.2, 0.25) is 0 Å². The molecule has 14 heteroatoms. The van der Waals surface area contributed by atoms with Crippen LogP contribution in [0.4, 0.5) is 0 Å². The zero-order valence-electron chi connectivity index (χ0n) is 29.5. The Hall–Kier alpha value is -2.04. The van der Waals surface area contributed by atoms with Crippen LogP contribution in [-0.4, -0.2) is 130 Å². The molecule has 0 saturated carbocycles. The lowest BCUT2D eigenvalue weighted by Crippen LogP contribution is -2.59. The van der Waals surface area contributed by atoms with E-state index in [9.17, 15) is 23.1 Å². The standard InChI is InChI=1S/C33H56N4O9S/c1-22-19-33(6,43-9)29(46-30-27(38)26(34-7)18-23(2)45-30)24(3)28(39)32(4,5)31(40)44-17-11-14-37(16-15-36(8)21-22)47(41,42)25-12-10-13-35-20-25/h10,12-13,20,22-24,26-27,29-30,34,38H,11,14-19,21H2,1-9H3/t22-,23-,24+,26+,27-,29-,30+,33-/m1/s1. The van der Waals surface area contributed by atoms with Gasteiger partial charge in [-0.25, -0.2) is 8.42 Å². The van der Waals surface area contributed by atoms with Crippen molar-refractivity contribution in [3.8, 4) is 0 Å². The topological polar surface area (TPSA) is 157 Å². The smallest absolute Gasteiger partial charge is 0.319 e. The van der Waals surface area contributed by atoms with Gasteiger partial charge < -0.3 is 34.3 Å². The van der Waals surface area contributed by atoms with Crippen molar-refractivity contribution in [2.75, 3.05) is 54.0 Å². The molecular formula is C33H56N4O9S. The third-order valence-corrected chi connectivity index (χ3v) is 11.4. The molecule has 0 unspecified atom stereocenters. The summed E-state index contributed by atoms with van der Waals surface area (Å²) in [6, 6.07) is 2.80. The third-order valence-electron chi connectivity index (χ3n) is 9.52. The number of ether oxygens (including phenoxy) is 4. The maximum absolute atomic E-state index is 14.2. The van der Waals surface area contributed by atoms with Crippen LogP contribution in [0.25, 0.3) is 0 Å². The number of aliphatic hydroxyl groups excluding tert-OH is 1. The molecule has 3 rings (SSSR count). The summed E-state index contributed by atoms with van der Waals surface area (Å²) in [6.45, 7) is 11.9. The van der Waals surface area contributed by atoms with Crippen LogP contribution in [0.1, 0.15) is 60.8 Å². The highest BCUT2D eigenvalue weighted by molar-refractivity contribution is 7.89. The molecule has 8 atom stereocenters. The van der Waals surface area contributed by atoms with E-state index >= 15 is 0 Å². The molecule has 0 bridgehead atoms. The number of esters is 1. The minimum absolute atomic E-state index is 0.0107. The normalized spacial score (nSPS) is 34.8. The van der Waals surface area contributed by atoms with Gasteiger partial charge in [-0.2, -0.15) is 4.31 Å². The Morgan fingerprint density at radius 3 is 2.45 bits per heavy atom. The Balaban J connectivity index is 1.97. The van der Waals surface area contributed by atoms with E-state index in [1.54, 1.807) is 27.1 Å². The molecule has 2 aliphatic rings. The summed E-state index contributed by atoms with van der Waals surface area (Å²) in [5.74, 6) is -1.97. The fourth-order valence-electron chi connectivity index (χ4n) is 6.76. The van der Waals surface area contributed by atoms with Crippen molar-refractivity contribution >= 4 is 21.8 Å². The predicted molar refractivity (Wildman–Crippen MR) is 176 cm³/mol. The number of aliphatic hydroxyl groups is 1. The minimum atomic E-state index is -3.86. The number of methoxy groups -OCH3 is 1. The Labute approximate surface area is 280 Å². The number of carbonyl (C=O) groups excluding carboxylic acids is 2. The number of nitrogens with one attached hydrogen (secondary N) is 1. The fourth-order valence-corrected chi connectivity index (χ4v) is 8.19. The van der Waals surface area contributed by atoms with E-state index < -0.39 is 57.2 Å². The number of rotatable bonds is 6. The molecule has 0 spiro atoms. The number of cyclic esters (lactones) is 1. The number of aromatic nitrogens is 1. The molecule has 0 amide bonds. The summed E-state index contributed by atoms with van der Waals surface area (Å²) in [6.07, 6.45) is 0.946. The second-order valence-corrected chi connectivity index (χ2v) is 15.9. The van der Waals surface area contributed by atoms with E-state index in [1.807, 2.05) is 20.9 Å². The first-order valence-corrected chi connectivity index (χ1v) is 17.9. The van der Waals surface area contributed by atoms with Gasteiger partial charge in [-0.05, 0) is 79.1 Å². The average molecular weight is 685 g/mol. The van der Waals surface area contributed by atoms with Gasteiger partial charge >= 0.3 is 5.97 Å². The number of likely N-dealkylation sites (N-methyl/N-ethyl adjacent to an activating group) is 2. The predicted octanol–water partition coefficient (Wildman–Crippen LogP) is 2.08. The zero-order valence-corrected chi connectivity index (χ0v) is 30.3. The average Bonchev–Trinajstić information content (AvgIpc) is 3.03. The third kappa shape index (κ3) is 9.56. The molecule has 47 heavy (non-hydrogen) atoms. The number of sulfonamides is 1. The van der Waals surface area contributed by atoms with Gasteiger partial charge in [0.05, 0.1) is 24.4 Å². The van der Waals surface area contributed by atoms with Crippen molar-refractivity contribution in [1.82, 2.24) is 19.5 Å². The lowest BCUT2D eigenvalue weighted by atomic mass is 9.74. The van der Waals surface area contributed by atoms with Gasteiger partial charge in [0, 0.05) is 57.6 Å². The van der Waals surface area contributed by atoms with Gasteiger partial charge in [-0.15, -0.1) is 0 Å². The Bertz CT molecular complexity index is 1280. The van der Waals surface area contributed by atoms with Crippen molar-refractivity contribution in [3.63, 3.8) is 0 Å². The van der Waals surface area contributed by atoms with Crippen LogP contribution in [0.5, 0.6) is 0 Å². The summed E-state index contributed by atoms with van der Waals surface area (Å²) < 4.78 is 52.8. The molecule has 0 aliphatic carbocycles. The highest BCUT2D eigenvalue weighted by atomic mass is 32.2. The molecule has 2 fully saturated rings. The van der Waals surface area contributed by atoms with Gasteiger partial charge in [0.25, 0.3) is 0 Å². The second kappa shape index (κ2) is 16.6. The molecule has 2 saturated heterocycles. The molecule has 13 nitrogen and oxygen atoms in total. The molecule has 2 N–H and O–H groups in total. The first-order chi connectivity index (χ1) is 22.0. The molecule has 0 aromatic carbocycles. The molecular weight excluding hydrogens is 628 g/mol. The number of nitrogens with zero attached hydrogens (tertiary/aromatic N) is 3. The van der Waals surface area contributed by atoms with Crippen LogP contribution in [0.15, 0.2) is 29.4 Å². The van der Waals surface area contributed by atoms with Gasteiger partial charge in [0.1, 0.15) is 16.4 Å². The van der Waals surface area contributed by atoms with Crippen LogP contribution in [-0.2, 0) is 38.6 Å². The monoisotopic (exact) mass is 684 g/mol. The van der Waals surface area contributed by atoms with E-state index in [4.69, 9.17) is 18.9 Å². The van der Waals surface area contributed by atoms with Crippen molar-refractivity contribution in [1.29, 1.82) is 0 Å². The highest BCUT2D eigenvalue weighted by Crippen LogP contribution is 2.37. The first-order valence-electron chi connectivity index (χ1n) is 16.5. The van der Waals surface area contributed by atoms with E-state index in [0.717, 1.165) is 0 Å². The SMILES string of the molecule is CN[C@H]1C[C@@H](C)O[C@@H](O[C@@H]2[C@@H](C)C(=O)C(C)(C)C(=O)OCCCN(S(=O)(=O)c3cccnc3)CCN(C)C[C@H](C)C[C@@]2(C)OC)[C@@H]1O. The largest absolute Gasteiger partial charge is 0.465 e. The quantitative estimate of drug-likeness (QED) is 0.333.